The fourth-order valence-corrected chi connectivity index (χ4v) is 1.94. The number of nitrogens with zero attached hydrogens (tertiary/aromatic N) is 2. The molecule has 1 aromatic heterocycles. The molecule has 1 N–H and O–H groups in total. The number of aryl methyl sites for hydroxylation is 1. The van der Waals surface area contributed by atoms with Gasteiger partial charge in [0.1, 0.15) is 12.1 Å². The summed E-state index contributed by atoms with van der Waals surface area (Å²) in [6, 6.07) is 5.11. The normalized spacial score (nSPS) is 10.1. The number of ether oxygens (including phenoxy) is 1. The van der Waals surface area contributed by atoms with Gasteiger partial charge in [-0.2, -0.15) is 0 Å². The van der Waals surface area contributed by atoms with Gasteiger partial charge in [-0.05, 0) is 30.2 Å². The average Bonchev–Trinajstić information content (AvgIpc) is 2.46. The third-order valence-corrected chi connectivity index (χ3v) is 2.99. The van der Waals surface area contributed by atoms with Crippen LogP contribution in [0, 0.1) is 0 Å². The van der Waals surface area contributed by atoms with Crippen LogP contribution in [-0.2, 0) is 11.2 Å². The number of carbonyl (C=O) groups excluding carboxylic acids is 1. The van der Waals surface area contributed by atoms with E-state index < -0.39 is 0 Å². The van der Waals surface area contributed by atoms with Gasteiger partial charge in [0.15, 0.2) is 0 Å². The van der Waals surface area contributed by atoms with Crippen molar-refractivity contribution >= 4 is 23.2 Å². The van der Waals surface area contributed by atoms with Crippen molar-refractivity contribution in [3.05, 3.63) is 47.5 Å². The second kappa shape index (κ2) is 6.86. The van der Waals surface area contributed by atoms with Gasteiger partial charge >= 0.3 is 0 Å². The van der Waals surface area contributed by atoms with E-state index in [2.05, 4.69) is 15.3 Å². The molecule has 0 saturated heterocycles. The summed E-state index contributed by atoms with van der Waals surface area (Å²) < 4.78 is 5.05. The van der Waals surface area contributed by atoms with Gasteiger partial charge in [0, 0.05) is 24.5 Å². The lowest BCUT2D eigenvalue weighted by molar-refractivity contribution is -0.116. The maximum Gasteiger partial charge on any atom is 0.224 e. The molecule has 104 valence electrons. The number of carbonyl (C=O) groups is 1. The SMILES string of the molecule is COc1ccc(NC(=O)CCc2cncnc2)cc1Cl. The molecule has 20 heavy (non-hydrogen) atoms. The zero-order valence-corrected chi connectivity index (χ0v) is 11.7. The molecule has 0 bridgehead atoms. The second-order valence-corrected chi connectivity index (χ2v) is 4.55. The van der Waals surface area contributed by atoms with E-state index in [1.165, 1.54) is 6.33 Å². The van der Waals surface area contributed by atoms with E-state index >= 15 is 0 Å². The van der Waals surface area contributed by atoms with Crippen LogP contribution in [0.1, 0.15) is 12.0 Å². The number of anilines is 1. The molecular formula is C14H14ClN3O2. The number of hydrogen-bond donors (Lipinski definition) is 1. The lowest BCUT2D eigenvalue weighted by Gasteiger charge is -2.08. The molecule has 0 aliphatic rings. The number of methoxy groups -OCH3 is 1. The molecule has 1 amide bonds. The van der Waals surface area contributed by atoms with Crippen molar-refractivity contribution in [2.24, 2.45) is 0 Å². The molecule has 0 unspecified atom stereocenters. The second-order valence-electron chi connectivity index (χ2n) is 4.14. The minimum absolute atomic E-state index is 0.0879. The van der Waals surface area contributed by atoms with E-state index in [0.717, 1.165) is 5.56 Å². The first-order valence-electron chi connectivity index (χ1n) is 6.06. The van der Waals surface area contributed by atoms with Crippen molar-refractivity contribution in [1.82, 2.24) is 9.97 Å². The van der Waals surface area contributed by atoms with Gasteiger partial charge < -0.3 is 10.1 Å². The highest BCUT2D eigenvalue weighted by atomic mass is 35.5. The van der Waals surface area contributed by atoms with Crippen LogP contribution in [0.5, 0.6) is 5.75 Å². The monoisotopic (exact) mass is 291 g/mol. The number of hydrogen-bond acceptors (Lipinski definition) is 4. The molecule has 0 aliphatic heterocycles. The van der Waals surface area contributed by atoms with E-state index in [9.17, 15) is 4.79 Å². The van der Waals surface area contributed by atoms with E-state index in [1.54, 1.807) is 37.7 Å². The maximum absolute atomic E-state index is 11.8. The zero-order chi connectivity index (χ0) is 14.4. The Balaban J connectivity index is 1.90. The third-order valence-electron chi connectivity index (χ3n) is 2.69. The van der Waals surface area contributed by atoms with Crippen LogP contribution in [0.15, 0.2) is 36.9 Å². The van der Waals surface area contributed by atoms with Crippen LogP contribution < -0.4 is 10.1 Å². The average molecular weight is 292 g/mol. The predicted octanol–water partition coefficient (Wildman–Crippen LogP) is 2.71. The van der Waals surface area contributed by atoms with Crippen LogP contribution >= 0.6 is 11.6 Å². The van der Waals surface area contributed by atoms with Crippen molar-refractivity contribution in [2.75, 3.05) is 12.4 Å². The lowest BCUT2D eigenvalue weighted by atomic mass is 10.2. The molecule has 0 fully saturated rings. The molecule has 0 radical (unpaired) electrons. The van der Waals surface area contributed by atoms with Crippen LogP contribution in [-0.4, -0.2) is 23.0 Å². The summed E-state index contributed by atoms with van der Waals surface area (Å²) in [5, 5.41) is 3.24. The van der Waals surface area contributed by atoms with Crippen molar-refractivity contribution < 1.29 is 9.53 Å². The molecule has 1 heterocycles. The van der Waals surface area contributed by atoms with Gasteiger partial charge in [-0.3, -0.25) is 4.79 Å². The van der Waals surface area contributed by atoms with Crippen molar-refractivity contribution in [3.63, 3.8) is 0 Å². The zero-order valence-electron chi connectivity index (χ0n) is 11.0. The van der Waals surface area contributed by atoms with Gasteiger partial charge in [0.25, 0.3) is 0 Å². The summed E-state index contributed by atoms with van der Waals surface area (Å²) in [6.07, 6.45) is 5.81. The molecule has 6 heteroatoms. The largest absolute Gasteiger partial charge is 0.495 e. The number of halogens is 1. The highest BCUT2D eigenvalue weighted by Gasteiger charge is 2.06. The molecule has 0 saturated carbocycles. The van der Waals surface area contributed by atoms with Gasteiger partial charge in [0.05, 0.1) is 12.1 Å². The minimum atomic E-state index is -0.0879. The Bertz CT molecular complexity index is 590. The Morgan fingerprint density at radius 3 is 2.75 bits per heavy atom. The van der Waals surface area contributed by atoms with Crippen molar-refractivity contribution in [1.29, 1.82) is 0 Å². The van der Waals surface area contributed by atoms with Crippen LogP contribution in [0.3, 0.4) is 0 Å². The lowest BCUT2D eigenvalue weighted by Crippen LogP contribution is -2.12. The summed E-state index contributed by atoms with van der Waals surface area (Å²) in [4.78, 5) is 19.6. The van der Waals surface area contributed by atoms with Gasteiger partial charge in [0.2, 0.25) is 5.91 Å². The van der Waals surface area contributed by atoms with Gasteiger partial charge in [-0.15, -0.1) is 0 Å². The first-order valence-corrected chi connectivity index (χ1v) is 6.44. The first kappa shape index (κ1) is 14.3. The van der Waals surface area contributed by atoms with E-state index in [-0.39, 0.29) is 5.91 Å². The summed E-state index contributed by atoms with van der Waals surface area (Å²) >= 11 is 5.99. The van der Waals surface area contributed by atoms with Crippen molar-refractivity contribution in [2.45, 2.75) is 12.8 Å². The Kier molecular flexibility index (Phi) is 4.90. The summed E-state index contributed by atoms with van der Waals surface area (Å²) in [7, 11) is 1.54. The highest BCUT2D eigenvalue weighted by molar-refractivity contribution is 6.32. The summed E-state index contributed by atoms with van der Waals surface area (Å²) in [6.45, 7) is 0. The molecule has 0 spiro atoms. The predicted molar refractivity (Wildman–Crippen MR) is 77.0 cm³/mol. The summed E-state index contributed by atoms with van der Waals surface area (Å²) in [5.74, 6) is 0.487. The Morgan fingerprint density at radius 1 is 1.35 bits per heavy atom. The number of amides is 1. The van der Waals surface area contributed by atoms with E-state index in [1.807, 2.05) is 0 Å². The standard InChI is InChI=1S/C14H14ClN3O2/c1-20-13-4-3-11(6-12(13)15)18-14(19)5-2-10-7-16-9-17-8-10/h3-4,6-9H,2,5H2,1H3,(H,18,19). The molecular weight excluding hydrogens is 278 g/mol. The highest BCUT2D eigenvalue weighted by Crippen LogP contribution is 2.27. The molecule has 2 aromatic rings. The van der Waals surface area contributed by atoms with E-state index in [0.29, 0.717) is 29.3 Å². The molecule has 5 nitrogen and oxygen atoms in total. The number of nitrogens with one attached hydrogen (secondary N) is 1. The van der Waals surface area contributed by atoms with Crippen LogP contribution in [0.2, 0.25) is 5.02 Å². The molecule has 1 aromatic carbocycles. The number of aromatic nitrogens is 2. The first-order chi connectivity index (χ1) is 9.69. The Labute approximate surface area is 122 Å². The smallest absolute Gasteiger partial charge is 0.224 e. The minimum Gasteiger partial charge on any atom is -0.495 e. The maximum atomic E-state index is 11.8. The van der Waals surface area contributed by atoms with E-state index in [4.69, 9.17) is 16.3 Å². The van der Waals surface area contributed by atoms with Crippen LogP contribution in [0.4, 0.5) is 5.69 Å². The fourth-order valence-electron chi connectivity index (χ4n) is 1.68. The third kappa shape index (κ3) is 3.93. The summed E-state index contributed by atoms with van der Waals surface area (Å²) in [5.41, 5.74) is 1.57. The molecule has 2 rings (SSSR count). The Hall–Kier alpha value is -2.14. The Morgan fingerprint density at radius 2 is 2.10 bits per heavy atom. The molecule has 0 atom stereocenters. The quantitative estimate of drug-likeness (QED) is 0.920. The number of rotatable bonds is 5. The molecule has 0 aliphatic carbocycles. The topological polar surface area (TPSA) is 64.1 Å². The van der Waals surface area contributed by atoms with Crippen LogP contribution in [0.25, 0.3) is 0 Å². The van der Waals surface area contributed by atoms with Gasteiger partial charge in [-0.1, -0.05) is 11.6 Å². The number of benzene rings is 1. The van der Waals surface area contributed by atoms with Crippen molar-refractivity contribution in [3.8, 4) is 5.75 Å². The van der Waals surface area contributed by atoms with Gasteiger partial charge in [-0.25, -0.2) is 9.97 Å². The fraction of sp³-hybridized carbons (Fsp3) is 0.214.